The largest absolute Gasteiger partial charge is 0.492 e. The summed E-state index contributed by atoms with van der Waals surface area (Å²) in [6.45, 7) is 9.47. The maximum atomic E-state index is 6.18. The zero-order chi connectivity index (χ0) is 14.9. The molecule has 2 rings (SSSR count). The highest BCUT2D eigenvalue weighted by atomic mass is 35.5. The summed E-state index contributed by atoms with van der Waals surface area (Å²) in [6, 6.07) is 5.98. The molecule has 0 atom stereocenters. The Morgan fingerprint density at radius 3 is 2.86 bits per heavy atom. The van der Waals surface area contributed by atoms with Crippen LogP contribution in [0.25, 0.3) is 0 Å². The van der Waals surface area contributed by atoms with Crippen LogP contribution in [0.1, 0.15) is 18.9 Å². The Morgan fingerprint density at radius 1 is 1.33 bits per heavy atom. The second-order valence-electron chi connectivity index (χ2n) is 5.18. The number of halogens is 1. The first kappa shape index (κ1) is 16.6. The first-order valence-electron chi connectivity index (χ1n) is 7.71. The van der Waals surface area contributed by atoms with Crippen molar-refractivity contribution in [1.82, 2.24) is 10.2 Å². The molecule has 1 saturated heterocycles. The van der Waals surface area contributed by atoms with Gasteiger partial charge in [0.1, 0.15) is 5.75 Å². The molecule has 1 heterocycles. The third-order valence-corrected chi connectivity index (χ3v) is 3.85. The SMILES string of the molecule is CCOc1ccc(CNCCCN2CCOCC2)cc1Cl. The van der Waals surface area contributed by atoms with Crippen LogP contribution in [0.15, 0.2) is 18.2 Å². The number of nitrogens with one attached hydrogen (secondary N) is 1. The van der Waals surface area contributed by atoms with E-state index in [1.54, 1.807) is 0 Å². The Bertz CT molecular complexity index is 423. The number of hydrogen-bond acceptors (Lipinski definition) is 4. The lowest BCUT2D eigenvalue weighted by Gasteiger charge is -2.26. The van der Waals surface area contributed by atoms with E-state index in [-0.39, 0.29) is 0 Å². The van der Waals surface area contributed by atoms with Crippen LogP contribution in [-0.4, -0.2) is 50.9 Å². The maximum absolute atomic E-state index is 6.18. The lowest BCUT2D eigenvalue weighted by atomic mass is 10.2. The number of ether oxygens (including phenoxy) is 2. The summed E-state index contributed by atoms with van der Waals surface area (Å²) in [7, 11) is 0. The third kappa shape index (κ3) is 5.83. The molecule has 118 valence electrons. The lowest BCUT2D eigenvalue weighted by Crippen LogP contribution is -2.37. The molecule has 0 spiro atoms. The van der Waals surface area contributed by atoms with E-state index in [2.05, 4.69) is 16.3 Å². The van der Waals surface area contributed by atoms with Gasteiger partial charge >= 0.3 is 0 Å². The van der Waals surface area contributed by atoms with Crippen LogP contribution >= 0.6 is 11.6 Å². The number of hydrogen-bond donors (Lipinski definition) is 1. The zero-order valence-electron chi connectivity index (χ0n) is 12.7. The van der Waals surface area contributed by atoms with Crippen LogP contribution in [0.4, 0.5) is 0 Å². The second kappa shape index (κ2) is 9.26. The van der Waals surface area contributed by atoms with Gasteiger partial charge in [-0.2, -0.15) is 0 Å². The number of nitrogens with zero attached hydrogens (tertiary/aromatic N) is 1. The molecule has 0 amide bonds. The van der Waals surface area contributed by atoms with Crippen LogP contribution in [0, 0.1) is 0 Å². The van der Waals surface area contributed by atoms with Gasteiger partial charge in [0.15, 0.2) is 0 Å². The van der Waals surface area contributed by atoms with Crippen molar-refractivity contribution in [2.24, 2.45) is 0 Å². The average Bonchev–Trinajstić information content (AvgIpc) is 2.51. The summed E-state index contributed by atoms with van der Waals surface area (Å²) in [5, 5.41) is 4.15. The van der Waals surface area contributed by atoms with E-state index in [0.717, 1.165) is 58.1 Å². The van der Waals surface area contributed by atoms with Crippen LogP contribution < -0.4 is 10.1 Å². The molecule has 0 saturated carbocycles. The lowest BCUT2D eigenvalue weighted by molar-refractivity contribution is 0.0374. The van der Waals surface area contributed by atoms with Gasteiger partial charge < -0.3 is 14.8 Å². The van der Waals surface area contributed by atoms with Crippen molar-refractivity contribution >= 4 is 11.6 Å². The van der Waals surface area contributed by atoms with E-state index in [1.165, 1.54) is 5.56 Å². The Balaban J connectivity index is 1.63. The quantitative estimate of drug-likeness (QED) is 0.748. The van der Waals surface area contributed by atoms with Crippen molar-refractivity contribution in [3.8, 4) is 5.75 Å². The number of morpholine rings is 1. The highest BCUT2D eigenvalue weighted by molar-refractivity contribution is 6.32. The molecule has 1 N–H and O–H groups in total. The third-order valence-electron chi connectivity index (χ3n) is 3.56. The first-order valence-corrected chi connectivity index (χ1v) is 8.09. The molecule has 5 heteroatoms. The highest BCUT2D eigenvalue weighted by Gasteiger charge is 2.09. The number of rotatable bonds is 8. The highest BCUT2D eigenvalue weighted by Crippen LogP contribution is 2.25. The molecule has 0 aliphatic carbocycles. The van der Waals surface area contributed by atoms with E-state index < -0.39 is 0 Å². The molecule has 1 fully saturated rings. The molecule has 1 aliphatic heterocycles. The summed E-state index contributed by atoms with van der Waals surface area (Å²) in [4.78, 5) is 2.46. The fourth-order valence-electron chi connectivity index (χ4n) is 2.41. The topological polar surface area (TPSA) is 33.7 Å². The molecule has 0 radical (unpaired) electrons. The Morgan fingerprint density at radius 2 is 2.14 bits per heavy atom. The fourth-order valence-corrected chi connectivity index (χ4v) is 2.67. The molecule has 4 nitrogen and oxygen atoms in total. The summed E-state index contributed by atoms with van der Waals surface area (Å²) < 4.78 is 10.8. The van der Waals surface area contributed by atoms with Crippen molar-refractivity contribution < 1.29 is 9.47 Å². The van der Waals surface area contributed by atoms with Gasteiger partial charge in [0, 0.05) is 19.6 Å². The Hall–Kier alpha value is -0.810. The van der Waals surface area contributed by atoms with Gasteiger partial charge in [0.05, 0.1) is 24.8 Å². The van der Waals surface area contributed by atoms with E-state index >= 15 is 0 Å². The van der Waals surface area contributed by atoms with Crippen LogP contribution in [0.2, 0.25) is 5.02 Å². The van der Waals surface area contributed by atoms with Crippen molar-refractivity contribution in [1.29, 1.82) is 0 Å². The Labute approximate surface area is 132 Å². The van der Waals surface area contributed by atoms with Crippen LogP contribution in [0.5, 0.6) is 5.75 Å². The fraction of sp³-hybridized carbons (Fsp3) is 0.625. The van der Waals surface area contributed by atoms with Gasteiger partial charge in [-0.05, 0) is 44.1 Å². The standard InChI is InChI=1S/C16H25ClN2O2/c1-2-21-16-5-4-14(12-15(16)17)13-18-6-3-7-19-8-10-20-11-9-19/h4-5,12,18H,2-3,6-11,13H2,1H3. The van der Waals surface area contributed by atoms with Crippen LogP contribution in [-0.2, 0) is 11.3 Å². The van der Waals surface area contributed by atoms with Crippen LogP contribution in [0.3, 0.4) is 0 Å². The summed E-state index contributed by atoms with van der Waals surface area (Å²) in [5.74, 6) is 0.759. The minimum absolute atomic E-state index is 0.638. The monoisotopic (exact) mass is 312 g/mol. The van der Waals surface area contributed by atoms with E-state index in [0.29, 0.717) is 11.6 Å². The van der Waals surface area contributed by atoms with Gasteiger partial charge in [-0.25, -0.2) is 0 Å². The van der Waals surface area contributed by atoms with Crippen molar-refractivity contribution in [2.75, 3.05) is 46.0 Å². The predicted octanol–water partition coefficient (Wildman–Crippen LogP) is 2.55. The molecular formula is C16H25ClN2O2. The average molecular weight is 313 g/mol. The van der Waals surface area contributed by atoms with Crippen molar-refractivity contribution in [3.05, 3.63) is 28.8 Å². The molecular weight excluding hydrogens is 288 g/mol. The minimum Gasteiger partial charge on any atom is -0.492 e. The molecule has 1 aliphatic rings. The van der Waals surface area contributed by atoms with Crippen molar-refractivity contribution in [2.45, 2.75) is 19.9 Å². The minimum atomic E-state index is 0.638. The molecule has 1 aromatic rings. The molecule has 0 bridgehead atoms. The smallest absolute Gasteiger partial charge is 0.137 e. The van der Waals surface area contributed by atoms with E-state index in [9.17, 15) is 0 Å². The van der Waals surface area contributed by atoms with Gasteiger partial charge in [0.25, 0.3) is 0 Å². The van der Waals surface area contributed by atoms with Gasteiger partial charge in [-0.1, -0.05) is 17.7 Å². The normalized spacial score (nSPS) is 16.1. The first-order chi connectivity index (χ1) is 10.3. The van der Waals surface area contributed by atoms with Crippen molar-refractivity contribution in [3.63, 3.8) is 0 Å². The summed E-state index contributed by atoms with van der Waals surface area (Å²) in [6.07, 6.45) is 1.16. The molecule has 1 aromatic carbocycles. The van der Waals surface area contributed by atoms with E-state index in [4.69, 9.17) is 21.1 Å². The van der Waals surface area contributed by atoms with Gasteiger partial charge in [0.2, 0.25) is 0 Å². The number of benzene rings is 1. The predicted molar refractivity (Wildman–Crippen MR) is 86.2 cm³/mol. The van der Waals surface area contributed by atoms with E-state index in [1.807, 2.05) is 19.1 Å². The zero-order valence-corrected chi connectivity index (χ0v) is 13.5. The summed E-state index contributed by atoms with van der Waals surface area (Å²) in [5.41, 5.74) is 1.19. The second-order valence-corrected chi connectivity index (χ2v) is 5.59. The molecule has 0 unspecified atom stereocenters. The summed E-state index contributed by atoms with van der Waals surface area (Å²) >= 11 is 6.18. The maximum Gasteiger partial charge on any atom is 0.137 e. The Kier molecular flexibility index (Phi) is 7.30. The molecule has 21 heavy (non-hydrogen) atoms. The van der Waals surface area contributed by atoms with Gasteiger partial charge in [-0.15, -0.1) is 0 Å². The van der Waals surface area contributed by atoms with Gasteiger partial charge in [-0.3, -0.25) is 4.90 Å². The molecule has 0 aromatic heterocycles.